The maximum absolute atomic E-state index is 11.7. The molecule has 106 valence electrons. The smallest absolute Gasteiger partial charge is 0.258 e. The molecule has 0 bridgehead atoms. The predicted molar refractivity (Wildman–Crippen MR) is 77.5 cm³/mol. The maximum atomic E-state index is 11.7. The van der Waals surface area contributed by atoms with Gasteiger partial charge in [-0.15, -0.1) is 0 Å². The second-order valence-electron chi connectivity index (χ2n) is 4.57. The molecule has 4 nitrogen and oxygen atoms in total. The summed E-state index contributed by atoms with van der Waals surface area (Å²) in [5.74, 6) is 0.306. The Labute approximate surface area is 119 Å². The number of nitrogens with one attached hydrogen (secondary N) is 1. The van der Waals surface area contributed by atoms with E-state index in [0.717, 1.165) is 12.8 Å². The van der Waals surface area contributed by atoms with Gasteiger partial charge < -0.3 is 15.8 Å². The summed E-state index contributed by atoms with van der Waals surface area (Å²) in [6.07, 6.45) is 1.63. The minimum Gasteiger partial charge on any atom is -0.482 e. The summed E-state index contributed by atoms with van der Waals surface area (Å²) >= 11 is 5.93. The molecule has 0 aliphatic rings. The van der Waals surface area contributed by atoms with Crippen molar-refractivity contribution in [3.63, 3.8) is 0 Å². The molecule has 0 radical (unpaired) electrons. The van der Waals surface area contributed by atoms with Gasteiger partial charge in [0.1, 0.15) is 5.75 Å². The molecule has 0 saturated heterocycles. The van der Waals surface area contributed by atoms with E-state index in [1.807, 2.05) is 13.8 Å². The fourth-order valence-corrected chi connectivity index (χ4v) is 1.72. The van der Waals surface area contributed by atoms with Crippen LogP contribution in [0.3, 0.4) is 0 Å². The van der Waals surface area contributed by atoms with Crippen molar-refractivity contribution in [1.82, 2.24) is 5.32 Å². The molecule has 19 heavy (non-hydrogen) atoms. The highest BCUT2D eigenvalue weighted by atomic mass is 35.5. The lowest BCUT2D eigenvalue weighted by Gasteiger charge is -2.26. The maximum Gasteiger partial charge on any atom is 0.258 e. The van der Waals surface area contributed by atoms with Crippen LogP contribution in [0.5, 0.6) is 5.75 Å². The summed E-state index contributed by atoms with van der Waals surface area (Å²) in [6, 6.07) is 7.05. The third-order valence-corrected chi connectivity index (χ3v) is 3.55. The summed E-state index contributed by atoms with van der Waals surface area (Å²) < 4.78 is 5.35. The van der Waals surface area contributed by atoms with Gasteiger partial charge in [-0.2, -0.15) is 0 Å². The first-order chi connectivity index (χ1) is 9.00. The number of hydrogen-bond acceptors (Lipinski definition) is 3. The highest BCUT2D eigenvalue weighted by Gasteiger charge is 2.20. The SMILES string of the molecule is CCC(N)(CC)CNC(=O)COc1ccccc1Cl. The van der Waals surface area contributed by atoms with Gasteiger partial charge in [0.2, 0.25) is 0 Å². The zero-order valence-electron chi connectivity index (χ0n) is 11.4. The monoisotopic (exact) mass is 284 g/mol. The van der Waals surface area contributed by atoms with E-state index in [2.05, 4.69) is 5.32 Å². The van der Waals surface area contributed by atoms with Gasteiger partial charge in [-0.05, 0) is 25.0 Å². The second kappa shape index (κ2) is 7.36. The van der Waals surface area contributed by atoms with Crippen LogP contribution in [0.1, 0.15) is 26.7 Å². The molecular formula is C14H21ClN2O2. The Bertz CT molecular complexity index is 420. The lowest BCUT2D eigenvalue weighted by Crippen LogP contribution is -2.50. The standard InChI is InChI=1S/C14H21ClN2O2/c1-3-14(16,4-2)10-17-13(18)9-19-12-8-6-5-7-11(12)15/h5-8H,3-4,9-10,16H2,1-2H3,(H,17,18). The number of nitrogens with two attached hydrogens (primary N) is 1. The Kier molecular flexibility index (Phi) is 6.12. The molecule has 1 aromatic carbocycles. The minimum atomic E-state index is -0.347. The summed E-state index contributed by atoms with van der Waals surface area (Å²) in [5, 5.41) is 3.27. The van der Waals surface area contributed by atoms with Crippen molar-refractivity contribution in [3.8, 4) is 5.75 Å². The molecule has 0 aliphatic carbocycles. The van der Waals surface area contributed by atoms with Crippen LogP contribution in [0.4, 0.5) is 0 Å². The van der Waals surface area contributed by atoms with Crippen molar-refractivity contribution in [2.45, 2.75) is 32.2 Å². The van der Waals surface area contributed by atoms with E-state index in [9.17, 15) is 4.79 Å². The van der Waals surface area contributed by atoms with Crippen LogP contribution < -0.4 is 15.8 Å². The normalized spacial score (nSPS) is 11.2. The fraction of sp³-hybridized carbons (Fsp3) is 0.500. The van der Waals surface area contributed by atoms with Crippen molar-refractivity contribution in [2.75, 3.05) is 13.2 Å². The van der Waals surface area contributed by atoms with Gasteiger partial charge in [-0.3, -0.25) is 4.79 Å². The molecule has 0 aromatic heterocycles. The largest absolute Gasteiger partial charge is 0.482 e. The number of ether oxygens (including phenoxy) is 1. The highest BCUT2D eigenvalue weighted by molar-refractivity contribution is 6.32. The van der Waals surface area contributed by atoms with Crippen LogP contribution in [0, 0.1) is 0 Å². The lowest BCUT2D eigenvalue weighted by atomic mass is 9.94. The number of hydrogen-bond donors (Lipinski definition) is 2. The minimum absolute atomic E-state index is 0.0623. The Morgan fingerprint density at radius 2 is 2.00 bits per heavy atom. The van der Waals surface area contributed by atoms with Gasteiger partial charge in [0.25, 0.3) is 5.91 Å². The quantitative estimate of drug-likeness (QED) is 0.808. The molecule has 5 heteroatoms. The van der Waals surface area contributed by atoms with Crippen LogP contribution in [-0.2, 0) is 4.79 Å². The number of carbonyl (C=O) groups is 1. The summed E-state index contributed by atoms with van der Waals surface area (Å²) in [4.78, 5) is 11.7. The first-order valence-electron chi connectivity index (χ1n) is 6.43. The Morgan fingerprint density at radius 1 is 1.37 bits per heavy atom. The topological polar surface area (TPSA) is 64.3 Å². The zero-order valence-corrected chi connectivity index (χ0v) is 12.2. The first-order valence-corrected chi connectivity index (χ1v) is 6.81. The van der Waals surface area contributed by atoms with Crippen LogP contribution in [0.2, 0.25) is 5.02 Å². The molecule has 0 unspecified atom stereocenters. The molecule has 0 aliphatic heterocycles. The van der Waals surface area contributed by atoms with Crippen LogP contribution in [0.15, 0.2) is 24.3 Å². The molecule has 1 aromatic rings. The van der Waals surface area contributed by atoms with E-state index in [4.69, 9.17) is 22.1 Å². The molecule has 3 N–H and O–H groups in total. The van der Waals surface area contributed by atoms with Crippen LogP contribution in [-0.4, -0.2) is 24.6 Å². The third-order valence-electron chi connectivity index (χ3n) is 3.24. The molecular weight excluding hydrogens is 264 g/mol. The highest BCUT2D eigenvalue weighted by Crippen LogP contribution is 2.22. The predicted octanol–water partition coefficient (Wildman–Crippen LogP) is 2.35. The average Bonchev–Trinajstić information content (AvgIpc) is 2.44. The van der Waals surface area contributed by atoms with Gasteiger partial charge in [0.15, 0.2) is 6.61 Å². The Morgan fingerprint density at radius 3 is 2.58 bits per heavy atom. The molecule has 0 heterocycles. The molecule has 0 saturated carbocycles. The third kappa shape index (κ3) is 5.09. The molecule has 0 fully saturated rings. The molecule has 0 spiro atoms. The first kappa shape index (κ1) is 15.8. The van der Waals surface area contributed by atoms with Crippen molar-refractivity contribution in [3.05, 3.63) is 29.3 Å². The van der Waals surface area contributed by atoms with E-state index in [1.54, 1.807) is 24.3 Å². The number of rotatable bonds is 7. The van der Waals surface area contributed by atoms with E-state index in [-0.39, 0.29) is 18.1 Å². The van der Waals surface area contributed by atoms with Crippen LogP contribution >= 0.6 is 11.6 Å². The number of benzene rings is 1. The van der Waals surface area contributed by atoms with E-state index in [1.165, 1.54) is 0 Å². The number of halogens is 1. The number of para-hydroxylation sites is 1. The zero-order chi connectivity index (χ0) is 14.3. The lowest BCUT2D eigenvalue weighted by molar-refractivity contribution is -0.123. The summed E-state index contributed by atoms with van der Waals surface area (Å²) in [5.41, 5.74) is 5.75. The van der Waals surface area contributed by atoms with Crippen molar-refractivity contribution in [2.24, 2.45) is 5.73 Å². The van der Waals surface area contributed by atoms with Gasteiger partial charge in [-0.25, -0.2) is 0 Å². The number of amides is 1. The van der Waals surface area contributed by atoms with Gasteiger partial charge >= 0.3 is 0 Å². The van der Waals surface area contributed by atoms with Gasteiger partial charge in [0.05, 0.1) is 5.02 Å². The Hall–Kier alpha value is -1.26. The van der Waals surface area contributed by atoms with Crippen molar-refractivity contribution in [1.29, 1.82) is 0 Å². The molecule has 1 amide bonds. The molecule has 1 rings (SSSR count). The molecule has 0 atom stereocenters. The second-order valence-corrected chi connectivity index (χ2v) is 4.97. The van der Waals surface area contributed by atoms with Gasteiger partial charge in [0, 0.05) is 12.1 Å². The van der Waals surface area contributed by atoms with E-state index in [0.29, 0.717) is 17.3 Å². The van der Waals surface area contributed by atoms with Crippen molar-refractivity contribution >= 4 is 17.5 Å². The average molecular weight is 285 g/mol. The van der Waals surface area contributed by atoms with E-state index < -0.39 is 0 Å². The Balaban J connectivity index is 2.39. The van der Waals surface area contributed by atoms with Gasteiger partial charge in [-0.1, -0.05) is 37.6 Å². The fourth-order valence-electron chi connectivity index (χ4n) is 1.53. The summed E-state index contributed by atoms with van der Waals surface area (Å²) in [7, 11) is 0. The van der Waals surface area contributed by atoms with Crippen molar-refractivity contribution < 1.29 is 9.53 Å². The van der Waals surface area contributed by atoms with Crippen LogP contribution in [0.25, 0.3) is 0 Å². The van der Waals surface area contributed by atoms with E-state index >= 15 is 0 Å². The number of carbonyl (C=O) groups excluding carboxylic acids is 1. The summed E-state index contributed by atoms with van der Waals surface area (Å²) in [6.45, 7) is 4.41.